The van der Waals surface area contributed by atoms with Crippen molar-refractivity contribution in [2.45, 2.75) is 6.92 Å². The van der Waals surface area contributed by atoms with Gasteiger partial charge in [0.2, 0.25) is 0 Å². The topological polar surface area (TPSA) is 35.2 Å². The molecule has 0 aromatic heterocycles. The summed E-state index contributed by atoms with van der Waals surface area (Å²) >= 11 is 0. The van der Waals surface area contributed by atoms with Crippen molar-refractivity contribution < 1.29 is 4.74 Å². The van der Waals surface area contributed by atoms with E-state index in [2.05, 4.69) is 0 Å². The molecule has 10 heavy (non-hydrogen) atoms. The van der Waals surface area contributed by atoms with Crippen molar-refractivity contribution in [1.82, 2.24) is 0 Å². The van der Waals surface area contributed by atoms with Crippen molar-refractivity contribution >= 4 is 0 Å². The molecule has 2 bridgehead atoms. The van der Waals surface area contributed by atoms with Crippen LogP contribution in [0.15, 0.2) is 24.3 Å². The predicted octanol–water partition coefficient (Wildman–Crippen LogP) is 1.76. The van der Waals surface area contributed by atoms with Crippen molar-refractivity contribution in [3.05, 3.63) is 24.3 Å². The normalized spacial score (nSPS) is 10.2. The molecule has 0 unspecified atom stereocenters. The average Bonchev–Trinajstić information content (AvgIpc) is 1.90. The molecule has 0 radical (unpaired) electrons. The molecule has 1 aromatic carbocycles. The van der Waals surface area contributed by atoms with Gasteiger partial charge in [0.05, 0.1) is 0 Å². The first-order valence-corrected chi connectivity index (χ1v) is 3.34. The van der Waals surface area contributed by atoms with Gasteiger partial charge in [-0.1, -0.05) is 13.0 Å². The highest BCUT2D eigenvalue weighted by molar-refractivity contribution is 5.43. The third-order valence-electron chi connectivity index (χ3n) is 1.04. The first-order valence-electron chi connectivity index (χ1n) is 3.34. The standard InChI is InChI=1S/C6H4O.C2H7N/c1-2-5-4-6(3-1)7-5;1-2-3/h1-4H;2-3H2,1H3. The second kappa shape index (κ2) is 3.22. The second-order valence-corrected chi connectivity index (χ2v) is 1.99. The van der Waals surface area contributed by atoms with Crippen molar-refractivity contribution in [2.75, 3.05) is 6.54 Å². The van der Waals surface area contributed by atoms with E-state index < -0.39 is 0 Å². The minimum atomic E-state index is 0.750. The first-order chi connectivity index (χ1) is 4.86. The van der Waals surface area contributed by atoms with Crippen LogP contribution in [-0.2, 0) is 0 Å². The Balaban J connectivity index is 0.000000148. The lowest BCUT2D eigenvalue weighted by Gasteiger charge is -2.13. The van der Waals surface area contributed by atoms with Gasteiger partial charge in [0.1, 0.15) is 11.5 Å². The van der Waals surface area contributed by atoms with Gasteiger partial charge < -0.3 is 10.5 Å². The fourth-order valence-electron chi connectivity index (χ4n) is 0.679. The SMILES string of the molecule is CCN.c1cc2cc(c1)O2. The lowest BCUT2D eigenvalue weighted by atomic mass is 10.2. The van der Waals surface area contributed by atoms with Gasteiger partial charge >= 0.3 is 0 Å². The van der Waals surface area contributed by atoms with E-state index in [0.717, 1.165) is 18.0 Å². The summed E-state index contributed by atoms with van der Waals surface area (Å²) in [4.78, 5) is 0. The Morgan fingerprint density at radius 3 is 1.90 bits per heavy atom. The fourth-order valence-corrected chi connectivity index (χ4v) is 0.679. The van der Waals surface area contributed by atoms with Crippen LogP contribution in [-0.4, -0.2) is 6.54 Å². The van der Waals surface area contributed by atoms with Gasteiger partial charge in [0.25, 0.3) is 0 Å². The van der Waals surface area contributed by atoms with Gasteiger partial charge in [-0.2, -0.15) is 0 Å². The molecular formula is C8H11NO. The molecule has 2 N–H and O–H groups in total. The highest BCUT2D eigenvalue weighted by Crippen LogP contribution is 2.32. The van der Waals surface area contributed by atoms with Crippen LogP contribution in [0.25, 0.3) is 0 Å². The third kappa shape index (κ3) is 1.48. The molecule has 2 aliphatic heterocycles. The molecule has 0 aliphatic carbocycles. The van der Waals surface area contributed by atoms with Crippen LogP contribution in [0.4, 0.5) is 0 Å². The highest BCUT2D eigenvalue weighted by Gasteiger charge is 2.05. The molecule has 54 valence electrons. The van der Waals surface area contributed by atoms with Gasteiger partial charge in [0.15, 0.2) is 0 Å². The van der Waals surface area contributed by atoms with Crippen LogP contribution < -0.4 is 10.5 Å². The minimum Gasteiger partial charge on any atom is -0.457 e. The van der Waals surface area contributed by atoms with Crippen LogP contribution in [0.1, 0.15) is 6.92 Å². The predicted molar refractivity (Wildman–Crippen MR) is 41.2 cm³/mol. The van der Waals surface area contributed by atoms with Gasteiger partial charge in [-0.05, 0) is 18.7 Å². The van der Waals surface area contributed by atoms with Gasteiger partial charge in [-0.15, -0.1) is 0 Å². The second-order valence-electron chi connectivity index (χ2n) is 1.99. The summed E-state index contributed by atoms with van der Waals surface area (Å²) in [5.74, 6) is 1.97. The zero-order valence-electron chi connectivity index (χ0n) is 6.00. The van der Waals surface area contributed by atoms with E-state index in [4.69, 9.17) is 10.5 Å². The molecule has 0 saturated carbocycles. The quantitative estimate of drug-likeness (QED) is 0.600. The van der Waals surface area contributed by atoms with Crippen LogP contribution in [0.2, 0.25) is 0 Å². The van der Waals surface area contributed by atoms with E-state index in [1.54, 1.807) is 0 Å². The van der Waals surface area contributed by atoms with Crippen molar-refractivity contribution in [1.29, 1.82) is 0 Å². The lowest BCUT2D eigenvalue weighted by Crippen LogP contribution is -1.91. The molecule has 1 aromatic rings. The number of hydrogen-bond donors (Lipinski definition) is 1. The maximum atomic E-state index is 5.01. The molecule has 2 aliphatic rings. The largest absolute Gasteiger partial charge is 0.457 e. The van der Waals surface area contributed by atoms with Gasteiger partial charge in [0, 0.05) is 6.07 Å². The van der Waals surface area contributed by atoms with E-state index in [1.807, 2.05) is 31.2 Å². The maximum Gasteiger partial charge on any atom is 0.131 e. The Morgan fingerprint density at radius 1 is 1.40 bits per heavy atom. The maximum absolute atomic E-state index is 5.01. The summed E-state index contributed by atoms with van der Waals surface area (Å²) < 4.78 is 5.01. The zero-order valence-corrected chi connectivity index (χ0v) is 6.00. The average molecular weight is 137 g/mol. The minimum absolute atomic E-state index is 0.750. The van der Waals surface area contributed by atoms with Crippen molar-refractivity contribution in [3.63, 3.8) is 0 Å². The molecule has 0 atom stereocenters. The fraction of sp³-hybridized carbons (Fsp3) is 0.250. The summed E-state index contributed by atoms with van der Waals surface area (Å²) in [5, 5.41) is 0. The number of fused-ring (bicyclic) bond motifs is 2. The van der Waals surface area contributed by atoms with Gasteiger partial charge in [-0.3, -0.25) is 0 Å². The third-order valence-corrected chi connectivity index (χ3v) is 1.04. The van der Waals surface area contributed by atoms with Crippen LogP contribution in [0.5, 0.6) is 11.5 Å². The smallest absolute Gasteiger partial charge is 0.131 e. The van der Waals surface area contributed by atoms with E-state index in [9.17, 15) is 0 Å². The summed E-state index contributed by atoms with van der Waals surface area (Å²) in [7, 11) is 0. The number of nitrogens with two attached hydrogens (primary N) is 1. The summed E-state index contributed by atoms with van der Waals surface area (Å²) in [6.07, 6.45) is 0. The Hall–Kier alpha value is -1.02. The summed E-state index contributed by atoms with van der Waals surface area (Å²) in [6.45, 7) is 2.65. The Labute approximate surface area is 60.6 Å². The van der Waals surface area contributed by atoms with Crippen LogP contribution in [0, 0.1) is 0 Å². The molecular weight excluding hydrogens is 126 g/mol. The first kappa shape index (κ1) is 7.09. The molecule has 0 saturated heterocycles. The number of ether oxygens (including phenoxy) is 1. The molecule has 2 heteroatoms. The molecule has 0 amide bonds. The molecule has 2 heterocycles. The number of rotatable bonds is 0. The molecule has 0 fully saturated rings. The Bertz CT molecular complexity index is 185. The van der Waals surface area contributed by atoms with Crippen molar-refractivity contribution in [2.24, 2.45) is 5.73 Å². The van der Waals surface area contributed by atoms with Crippen LogP contribution >= 0.6 is 0 Å². The zero-order chi connectivity index (χ0) is 7.40. The molecule has 3 rings (SSSR count). The molecule has 0 spiro atoms. The monoisotopic (exact) mass is 137 g/mol. The summed E-state index contributed by atoms with van der Waals surface area (Å²) in [6, 6.07) is 7.86. The van der Waals surface area contributed by atoms with E-state index in [-0.39, 0.29) is 0 Å². The van der Waals surface area contributed by atoms with Gasteiger partial charge in [-0.25, -0.2) is 0 Å². The van der Waals surface area contributed by atoms with E-state index in [1.165, 1.54) is 0 Å². The number of benzene rings is 1. The highest BCUT2D eigenvalue weighted by atomic mass is 16.5. The molecule has 2 nitrogen and oxygen atoms in total. The lowest BCUT2D eigenvalue weighted by molar-refractivity contribution is 0.438. The number of hydrogen-bond acceptors (Lipinski definition) is 2. The Morgan fingerprint density at radius 2 is 1.80 bits per heavy atom. The Kier molecular flexibility index (Phi) is 2.29. The summed E-state index contributed by atoms with van der Waals surface area (Å²) in [5.41, 5.74) is 4.85. The van der Waals surface area contributed by atoms with Crippen LogP contribution in [0.3, 0.4) is 0 Å². The van der Waals surface area contributed by atoms with E-state index >= 15 is 0 Å². The van der Waals surface area contributed by atoms with Crippen molar-refractivity contribution in [3.8, 4) is 11.5 Å². The van der Waals surface area contributed by atoms with E-state index in [0.29, 0.717) is 0 Å².